The largest absolute Gasteiger partial charge is 0.408 e. The van der Waals surface area contributed by atoms with Gasteiger partial charge in [0.05, 0.1) is 11.6 Å². The molecule has 3 atom stereocenters. The summed E-state index contributed by atoms with van der Waals surface area (Å²) in [6.07, 6.45) is 5.89. The Morgan fingerprint density at radius 3 is 2.59 bits per heavy atom. The molecule has 1 amide bonds. The molecule has 0 radical (unpaired) electrons. The number of hydrogen-bond donors (Lipinski definition) is 1. The number of nitriles is 1. The molecular formula is C22H25N5O2. The second-order valence-electron chi connectivity index (χ2n) is 8.82. The first-order valence-corrected chi connectivity index (χ1v) is 10.5. The van der Waals surface area contributed by atoms with Crippen LogP contribution in [0.25, 0.3) is 0 Å². The van der Waals surface area contributed by atoms with E-state index in [4.69, 9.17) is 9.68 Å². The van der Waals surface area contributed by atoms with Crippen LogP contribution in [0, 0.1) is 16.7 Å². The first-order chi connectivity index (χ1) is 14.1. The molecule has 5 rings (SSSR count). The van der Waals surface area contributed by atoms with Crippen LogP contribution in [0.1, 0.15) is 67.9 Å². The number of hydrogen-bond acceptors (Lipinski definition) is 6. The van der Waals surface area contributed by atoms with Gasteiger partial charge in [0.2, 0.25) is 11.8 Å². The average molecular weight is 391 g/mol. The molecule has 0 unspecified atom stereocenters. The second kappa shape index (κ2) is 6.87. The fraction of sp³-hybridized carbons (Fsp3) is 0.545. The van der Waals surface area contributed by atoms with Crippen LogP contribution in [0.15, 0.2) is 28.7 Å². The van der Waals surface area contributed by atoms with Crippen LogP contribution in [0.4, 0.5) is 6.01 Å². The number of likely N-dealkylation sites (tertiary alicyclic amines) is 1. The van der Waals surface area contributed by atoms with E-state index in [9.17, 15) is 4.79 Å². The Labute approximate surface area is 170 Å². The predicted octanol–water partition coefficient (Wildman–Crippen LogP) is 3.42. The van der Waals surface area contributed by atoms with Gasteiger partial charge >= 0.3 is 6.01 Å². The molecule has 29 heavy (non-hydrogen) atoms. The zero-order valence-electron chi connectivity index (χ0n) is 16.6. The summed E-state index contributed by atoms with van der Waals surface area (Å²) in [6, 6.07) is 9.72. The second-order valence-corrected chi connectivity index (χ2v) is 8.82. The minimum absolute atomic E-state index is 0.0992. The fourth-order valence-electron chi connectivity index (χ4n) is 4.48. The number of carbonyl (C=O) groups is 1. The molecule has 0 bridgehead atoms. The number of piperidine rings is 1. The highest BCUT2D eigenvalue weighted by Crippen LogP contribution is 2.54. The molecule has 2 heterocycles. The Morgan fingerprint density at radius 1 is 1.21 bits per heavy atom. The summed E-state index contributed by atoms with van der Waals surface area (Å²) in [4.78, 5) is 14.7. The van der Waals surface area contributed by atoms with Crippen molar-refractivity contribution in [1.82, 2.24) is 15.1 Å². The summed E-state index contributed by atoms with van der Waals surface area (Å²) in [7, 11) is 0. The first-order valence-electron chi connectivity index (χ1n) is 10.5. The Morgan fingerprint density at radius 2 is 1.93 bits per heavy atom. The maximum atomic E-state index is 12.7. The highest BCUT2D eigenvalue weighted by atomic mass is 16.4. The number of benzene rings is 1. The van der Waals surface area contributed by atoms with Crippen molar-refractivity contribution in [2.45, 2.75) is 56.9 Å². The highest BCUT2D eigenvalue weighted by molar-refractivity contribution is 5.83. The Kier molecular flexibility index (Phi) is 4.30. The maximum absolute atomic E-state index is 12.7. The van der Waals surface area contributed by atoms with Gasteiger partial charge in [-0.05, 0) is 68.1 Å². The topological polar surface area (TPSA) is 95.0 Å². The predicted molar refractivity (Wildman–Crippen MR) is 106 cm³/mol. The third kappa shape index (κ3) is 3.59. The van der Waals surface area contributed by atoms with E-state index >= 15 is 0 Å². The van der Waals surface area contributed by atoms with Crippen LogP contribution in [0.5, 0.6) is 0 Å². The van der Waals surface area contributed by atoms with Gasteiger partial charge in [0.15, 0.2) is 0 Å². The highest BCUT2D eigenvalue weighted by Gasteiger charge is 2.46. The van der Waals surface area contributed by atoms with Gasteiger partial charge in [-0.2, -0.15) is 5.26 Å². The summed E-state index contributed by atoms with van der Waals surface area (Å²) in [5.74, 6) is 1.25. The van der Waals surface area contributed by atoms with Crippen molar-refractivity contribution < 1.29 is 9.21 Å². The molecule has 2 saturated carbocycles. The summed E-state index contributed by atoms with van der Waals surface area (Å²) in [6.45, 7) is 3.56. The quantitative estimate of drug-likeness (QED) is 0.839. The number of anilines is 1. The summed E-state index contributed by atoms with van der Waals surface area (Å²) in [5.41, 5.74) is 2.41. The third-order valence-electron chi connectivity index (χ3n) is 6.82. The lowest BCUT2D eigenvalue weighted by molar-refractivity contribution is -0.133. The van der Waals surface area contributed by atoms with Crippen molar-refractivity contribution in [3.63, 3.8) is 0 Å². The van der Waals surface area contributed by atoms with Crippen molar-refractivity contribution >= 4 is 11.9 Å². The van der Waals surface area contributed by atoms with Crippen LogP contribution in [0.3, 0.4) is 0 Å². The van der Waals surface area contributed by atoms with E-state index in [0.717, 1.165) is 32.4 Å². The molecule has 7 nitrogen and oxygen atoms in total. The molecule has 150 valence electrons. The molecule has 1 saturated heterocycles. The third-order valence-corrected chi connectivity index (χ3v) is 6.82. The molecule has 7 heteroatoms. The van der Waals surface area contributed by atoms with Crippen molar-refractivity contribution in [2.24, 2.45) is 5.41 Å². The molecule has 3 aliphatic rings. The van der Waals surface area contributed by atoms with Gasteiger partial charge in [0.25, 0.3) is 0 Å². The molecule has 2 aliphatic carbocycles. The van der Waals surface area contributed by atoms with Gasteiger partial charge in [-0.15, -0.1) is 5.10 Å². The lowest BCUT2D eigenvalue weighted by Gasteiger charge is -2.33. The summed E-state index contributed by atoms with van der Waals surface area (Å²) in [5, 5.41) is 20.3. The number of nitrogens with zero attached hydrogens (tertiary/aromatic N) is 4. The minimum Gasteiger partial charge on any atom is -0.408 e. The van der Waals surface area contributed by atoms with Gasteiger partial charge in [-0.25, -0.2) is 0 Å². The van der Waals surface area contributed by atoms with Crippen LogP contribution in [0.2, 0.25) is 0 Å². The van der Waals surface area contributed by atoms with E-state index in [1.807, 2.05) is 36.1 Å². The zero-order valence-corrected chi connectivity index (χ0v) is 16.6. The van der Waals surface area contributed by atoms with Crippen LogP contribution < -0.4 is 5.32 Å². The van der Waals surface area contributed by atoms with Crippen LogP contribution >= 0.6 is 0 Å². The van der Waals surface area contributed by atoms with E-state index in [0.29, 0.717) is 28.8 Å². The van der Waals surface area contributed by atoms with E-state index in [1.54, 1.807) is 0 Å². The average Bonchev–Trinajstić information content (AvgIpc) is 3.67. The maximum Gasteiger partial charge on any atom is 0.316 e. The molecule has 1 aromatic carbocycles. The van der Waals surface area contributed by atoms with Gasteiger partial charge < -0.3 is 14.6 Å². The lowest BCUT2D eigenvalue weighted by Crippen LogP contribution is -2.45. The van der Waals surface area contributed by atoms with Gasteiger partial charge in [-0.1, -0.05) is 17.2 Å². The molecular weight excluding hydrogens is 366 g/mol. The standard InChI is InChI=1S/C22H25N5O2/c1-14(20(28)27-10-8-22(6-7-22)9-11-27)24-21-26-25-19(29-21)18-12-17(18)16-4-2-15(13-23)3-5-16/h2-5,14,17-18H,6-12H2,1H3,(H,24,26)/t14-,17+,18+/m0/s1. The van der Waals surface area contributed by atoms with E-state index in [1.165, 1.54) is 18.4 Å². The summed E-state index contributed by atoms with van der Waals surface area (Å²) < 4.78 is 5.80. The SMILES string of the molecule is C[C@H](Nc1nnc([C@@H]2C[C@@H]2c2ccc(C#N)cc2)o1)C(=O)N1CCC2(CC1)CC2. The monoisotopic (exact) mass is 391 g/mol. The molecule has 1 N–H and O–H groups in total. The van der Waals surface area contributed by atoms with E-state index in [2.05, 4.69) is 21.6 Å². The molecule has 3 fully saturated rings. The number of aromatic nitrogens is 2. The molecule has 1 aliphatic heterocycles. The van der Waals surface area contributed by atoms with Crippen LogP contribution in [-0.4, -0.2) is 40.1 Å². The van der Waals surface area contributed by atoms with Crippen molar-refractivity contribution in [3.8, 4) is 6.07 Å². The fourth-order valence-corrected chi connectivity index (χ4v) is 4.48. The number of amides is 1. The van der Waals surface area contributed by atoms with Crippen LogP contribution in [-0.2, 0) is 4.79 Å². The van der Waals surface area contributed by atoms with Gasteiger partial charge in [0, 0.05) is 19.0 Å². The number of carbonyl (C=O) groups excluding carboxylic acids is 1. The zero-order chi connectivity index (χ0) is 20.0. The number of rotatable bonds is 5. The van der Waals surface area contributed by atoms with Gasteiger partial charge in [-0.3, -0.25) is 4.79 Å². The van der Waals surface area contributed by atoms with E-state index in [-0.39, 0.29) is 17.9 Å². The smallest absolute Gasteiger partial charge is 0.316 e. The van der Waals surface area contributed by atoms with Gasteiger partial charge in [0.1, 0.15) is 6.04 Å². The Hall–Kier alpha value is -2.88. The molecule has 2 aromatic rings. The lowest BCUT2D eigenvalue weighted by atomic mass is 9.93. The minimum atomic E-state index is -0.384. The Bertz CT molecular complexity index is 946. The Balaban J connectivity index is 1.16. The summed E-state index contributed by atoms with van der Waals surface area (Å²) >= 11 is 0. The first kappa shape index (κ1) is 18.2. The number of nitrogens with one attached hydrogen (secondary N) is 1. The molecule has 1 spiro atoms. The van der Waals surface area contributed by atoms with E-state index < -0.39 is 0 Å². The van der Waals surface area contributed by atoms with Crippen molar-refractivity contribution in [1.29, 1.82) is 5.26 Å². The molecule has 1 aromatic heterocycles. The van der Waals surface area contributed by atoms with Crippen molar-refractivity contribution in [2.75, 3.05) is 18.4 Å². The normalized spacial score (nSPS) is 25.3. The van der Waals surface area contributed by atoms with Crippen molar-refractivity contribution in [3.05, 3.63) is 41.3 Å².